The quantitative estimate of drug-likeness (QED) is 0.721. The molecule has 2 unspecified atom stereocenters. The Balaban J connectivity index is 2.31. The molecule has 0 N–H and O–H groups in total. The van der Waals surface area contributed by atoms with Gasteiger partial charge in [-0.05, 0) is 30.5 Å². The summed E-state index contributed by atoms with van der Waals surface area (Å²) >= 11 is 0. The first kappa shape index (κ1) is 15.7. The van der Waals surface area contributed by atoms with Crippen molar-refractivity contribution in [3.05, 3.63) is 29.8 Å². The van der Waals surface area contributed by atoms with E-state index in [1.165, 1.54) is 0 Å². The summed E-state index contributed by atoms with van der Waals surface area (Å²) in [7, 11) is -0.791. The van der Waals surface area contributed by atoms with Crippen LogP contribution in [0.15, 0.2) is 24.3 Å². The molecule has 1 aromatic carbocycles. The van der Waals surface area contributed by atoms with Gasteiger partial charge in [0.15, 0.2) is 0 Å². The SMILES string of the molecule is CC(C)C(C)S(=O)CCCOc1cccc(C#N)c1. The monoisotopic (exact) mass is 279 g/mol. The van der Waals surface area contributed by atoms with Gasteiger partial charge in [-0.3, -0.25) is 4.21 Å². The van der Waals surface area contributed by atoms with Crippen LogP contribution < -0.4 is 4.74 Å². The third kappa shape index (κ3) is 5.44. The van der Waals surface area contributed by atoms with Crippen molar-refractivity contribution in [1.82, 2.24) is 0 Å². The van der Waals surface area contributed by atoms with Crippen molar-refractivity contribution in [3.63, 3.8) is 0 Å². The first-order valence-corrected chi connectivity index (χ1v) is 7.93. The summed E-state index contributed by atoms with van der Waals surface area (Å²) in [6.07, 6.45) is 0.764. The molecule has 0 saturated carbocycles. The van der Waals surface area contributed by atoms with Crippen molar-refractivity contribution in [2.75, 3.05) is 12.4 Å². The van der Waals surface area contributed by atoms with Crippen LogP contribution in [0.4, 0.5) is 0 Å². The van der Waals surface area contributed by atoms with Crippen molar-refractivity contribution in [2.24, 2.45) is 5.92 Å². The van der Waals surface area contributed by atoms with E-state index in [1.54, 1.807) is 18.2 Å². The Labute approximate surface area is 118 Å². The van der Waals surface area contributed by atoms with E-state index in [4.69, 9.17) is 10.00 Å². The van der Waals surface area contributed by atoms with E-state index in [-0.39, 0.29) is 5.25 Å². The molecule has 2 atom stereocenters. The van der Waals surface area contributed by atoms with Crippen LogP contribution in [0.3, 0.4) is 0 Å². The molecule has 0 aromatic heterocycles. The Morgan fingerprint density at radius 2 is 2.11 bits per heavy atom. The minimum absolute atomic E-state index is 0.224. The zero-order chi connectivity index (χ0) is 14.3. The highest BCUT2D eigenvalue weighted by Crippen LogP contribution is 2.13. The summed E-state index contributed by atoms with van der Waals surface area (Å²) in [5, 5.41) is 9.00. The molecular weight excluding hydrogens is 258 g/mol. The first-order chi connectivity index (χ1) is 9.04. The summed E-state index contributed by atoms with van der Waals surface area (Å²) < 4.78 is 17.5. The normalized spacial score (nSPS) is 13.8. The van der Waals surface area contributed by atoms with Crippen molar-refractivity contribution in [1.29, 1.82) is 5.26 Å². The maximum Gasteiger partial charge on any atom is 0.120 e. The van der Waals surface area contributed by atoms with Crippen LogP contribution in [0.2, 0.25) is 0 Å². The number of rotatable bonds is 7. The van der Waals surface area contributed by atoms with Crippen molar-refractivity contribution >= 4 is 10.8 Å². The van der Waals surface area contributed by atoms with Gasteiger partial charge < -0.3 is 4.74 Å². The van der Waals surface area contributed by atoms with Crippen LogP contribution in [-0.2, 0) is 10.8 Å². The standard InChI is InChI=1S/C15H21NO2S/c1-12(2)13(3)19(17)9-5-8-18-15-7-4-6-14(10-15)11-16/h4,6-7,10,12-13H,5,8-9H2,1-3H3. The molecule has 0 fully saturated rings. The fourth-order valence-electron chi connectivity index (χ4n) is 1.54. The highest BCUT2D eigenvalue weighted by Gasteiger charge is 2.14. The number of benzene rings is 1. The summed E-state index contributed by atoms with van der Waals surface area (Å²) in [6.45, 7) is 6.74. The molecule has 3 nitrogen and oxygen atoms in total. The molecule has 1 rings (SSSR count). The van der Waals surface area contributed by atoms with Gasteiger partial charge in [-0.2, -0.15) is 5.26 Å². The number of hydrogen-bond donors (Lipinski definition) is 0. The second-order valence-corrected chi connectivity index (χ2v) is 6.79. The lowest BCUT2D eigenvalue weighted by Crippen LogP contribution is -2.20. The number of hydrogen-bond acceptors (Lipinski definition) is 3. The molecule has 0 aliphatic heterocycles. The van der Waals surface area contributed by atoms with Crippen LogP contribution >= 0.6 is 0 Å². The van der Waals surface area contributed by atoms with E-state index in [2.05, 4.69) is 19.9 Å². The molecule has 0 amide bonds. The molecule has 0 saturated heterocycles. The van der Waals surface area contributed by atoms with Gasteiger partial charge in [-0.15, -0.1) is 0 Å². The Bertz CT molecular complexity index is 465. The fraction of sp³-hybridized carbons (Fsp3) is 0.533. The second-order valence-electron chi connectivity index (χ2n) is 4.88. The molecule has 4 heteroatoms. The summed E-state index contributed by atoms with van der Waals surface area (Å²) in [5.41, 5.74) is 0.592. The van der Waals surface area contributed by atoms with E-state index in [0.29, 0.717) is 29.6 Å². The van der Waals surface area contributed by atoms with E-state index >= 15 is 0 Å². The third-order valence-electron chi connectivity index (χ3n) is 3.08. The van der Waals surface area contributed by atoms with Crippen molar-refractivity contribution in [3.8, 4) is 11.8 Å². The molecule has 0 aliphatic rings. The lowest BCUT2D eigenvalue weighted by Gasteiger charge is -2.15. The van der Waals surface area contributed by atoms with Gasteiger partial charge in [0.05, 0.1) is 18.2 Å². The van der Waals surface area contributed by atoms with Gasteiger partial charge in [0.2, 0.25) is 0 Å². The van der Waals surface area contributed by atoms with Gasteiger partial charge in [-0.25, -0.2) is 0 Å². The molecule has 0 spiro atoms. The molecule has 19 heavy (non-hydrogen) atoms. The van der Waals surface area contributed by atoms with Crippen LogP contribution in [0.25, 0.3) is 0 Å². The average Bonchev–Trinajstić information content (AvgIpc) is 2.42. The highest BCUT2D eigenvalue weighted by atomic mass is 32.2. The predicted molar refractivity (Wildman–Crippen MR) is 78.6 cm³/mol. The van der Waals surface area contributed by atoms with Gasteiger partial charge in [0.25, 0.3) is 0 Å². The fourth-order valence-corrected chi connectivity index (χ4v) is 2.92. The average molecular weight is 279 g/mol. The Kier molecular flexibility index (Phi) is 6.58. The van der Waals surface area contributed by atoms with Gasteiger partial charge in [0, 0.05) is 21.8 Å². The molecular formula is C15H21NO2S. The van der Waals surface area contributed by atoms with Crippen LogP contribution in [0, 0.1) is 17.2 Å². The van der Waals surface area contributed by atoms with Crippen molar-refractivity contribution < 1.29 is 8.95 Å². The molecule has 104 valence electrons. The summed E-state index contributed by atoms with van der Waals surface area (Å²) in [6, 6.07) is 9.16. The topological polar surface area (TPSA) is 50.1 Å². The zero-order valence-electron chi connectivity index (χ0n) is 11.8. The maximum absolute atomic E-state index is 11.9. The van der Waals surface area contributed by atoms with Gasteiger partial charge >= 0.3 is 0 Å². The summed E-state index contributed by atoms with van der Waals surface area (Å²) in [5.74, 6) is 1.80. The largest absolute Gasteiger partial charge is 0.494 e. The van der Waals surface area contributed by atoms with Crippen LogP contribution in [0.1, 0.15) is 32.8 Å². The Morgan fingerprint density at radius 3 is 2.74 bits per heavy atom. The minimum Gasteiger partial charge on any atom is -0.494 e. The zero-order valence-corrected chi connectivity index (χ0v) is 12.6. The molecule has 1 aromatic rings. The smallest absolute Gasteiger partial charge is 0.120 e. The summed E-state index contributed by atoms with van der Waals surface area (Å²) in [4.78, 5) is 0. The van der Waals surface area contributed by atoms with Gasteiger partial charge in [0.1, 0.15) is 5.75 Å². The van der Waals surface area contributed by atoms with E-state index in [1.807, 2.05) is 13.0 Å². The Morgan fingerprint density at radius 1 is 1.37 bits per heavy atom. The minimum atomic E-state index is -0.791. The predicted octanol–water partition coefficient (Wildman–Crippen LogP) is 3.12. The van der Waals surface area contributed by atoms with Gasteiger partial charge in [-0.1, -0.05) is 26.8 Å². The van der Waals surface area contributed by atoms with Crippen molar-refractivity contribution in [2.45, 2.75) is 32.4 Å². The molecule has 0 heterocycles. The molecule has 0 radical (unpaired) electrons. The second kappa shape index (κ2) is 7.96. The van der Waals surface area contributed by atoms with E-state index < -0.39 is 10.8 Å². The van der Waals surface area contributed by atoms with Crippen LogP contribution in [-0.4, -0.2) is 21.8 Å². The molecule has 0 aliphatic carbocycles. The number of nitriles is 1. The first-order valence-electron chi connectivity index (χ1n) is 6.54. The number of ether oxygens (including phenoxy) is 1. The van der Waals surface area contributed by atoms with Crippen LogP contribution in [0.5, 0.6) is 5.75 Å². The lowest BCUT2D eigenvalue weighted by atomic mass is 10.2. The third-order valence-corrected chi connectivity index (χ3v) is 5.14. The highest BCUT2D eigenvalue weighted by molar-refractivity contribution is 7.85. The maximum atomic E-state index is 11.9. The Hall–Kier alpha value is -1.34. The molecule has 0 bridgehead atoms. The number of nitrogens with zero attached hydrogens (tertiary/aromatic N) is 1. The lowest BCUT2D eigenvalue weighted by molar-refractivity contribution is 0.318. The van der Waals surface area contributed by atoms with E-state index in [0.717, 1.165) is 6.42 Å². The van der Waals surface area contributed by atoms with E-state index in [9.17, 15) is 4.21 Å².